The van der Waals surface area contributed by atoms with Gasteiger partial charge in [0.15, 0.2) is 5.11 Å². The minimum absolute atomic E-state index is 0.279. The van der Waals surface area contributed by atoms with Gasteiger partial charge in [0.25, 0.3) is 0 Å². The summed E-state index contributed by atoms with van der Waals surface area (Å²) in [5.41, 5.74) is 9.67. The smallest absolute Gasteiger partial charge is 0.168 e. The molecule has 0 unspecified atom stereocenters. The van der Waals surface area contributed by atoms with Crippen molar-refractivity contribution in [2.75, 3.05) is 5.32 Å². The molecule has 100 valence electrons. The van der Waals surface area contributed by atoms with Gasteiger partial charge in [-0.05, 0) is 55.0 Å². The Morgan fingerprint density at radius 2 is 2.05 bits per heavy atom. The Morgan fingerprint density at radius 1 is 1.25 bits per heavy atom. The molecule has 20 heavy (non-hydrogen) atoms. The van der Waals surface area contributed by atoms with Crippen molar-refractivity contribution < 1.29 is 0 Å². The second kappa shape index (κ2) is 5.19. The van der Waals surface area contributed by atoms with Gasteiger partial charge in [0.2, 0.25) is 0 Å². The maximum atomic E-state index is 5.50. The number of thiazole rings is 1. The van der Waals surface area contributed by atoms with E-state index < -0.39 is 0 Å². The van der Waals surface area contributed by atoms with E-state index >= 15 is 0 Å². The van der Waals surface area contributed by atoms with E-state index in [2.05, 4.69) is 22.4 Å². The fourth-order valence-electron chi connectivity index (χ4n) is 2.07. The third kappa shape index (κ3) is 2.50. The number of nitrogens with one attached hydrogen (secondary N) is 1. The first-order valence-electron chi connectivity index (χ1n) is 6.16. The average molecular weight is 299 g/mol. The molecule has 3 N–H and O–H groups in total. The maximum absolute atomic E-state index is 5.50. The molecule has 3 nitrogen and oxygen atoms in total. The quantitative estimate of drug-likeness (QED) is 0.704. The minimum Gasteiger partial charge on any atom is -0.376 e. The van der Waals surface area contributed by atoms with Gasteiger partial charge in [-0.25, -0.2) is 4.98 Å². The Bertz CT molecular complexity index is 760. The number of anilines is 1. The lowest BCUT2D eigenvalue weighted by Crippen LogP contribution is -2.19. The van der Waals surface area contributed by atoms with E-state index in [1.165, 1.54) is 4.70 Å². The molecule has 1 aromatic heterocycles. The van der Waals surface area contributed by atoms with E-state index in [0.717, 1.165) is 27.3 Å². The molecule has 0 fully saturated rings. The van der Waals surface area contributed by atoms with E-state index in [1.807, 2.05) is 37.3 Å². The van der Waals surface area contributed by atoms with Gasteiger partial charge >= 0.3 is 0 Å². The van der Waals surface area contributed by atoms with Crippen molar-refractivity contribution >= 4 is 44.6 Å². The second-order valence-corrected chi connectivity index (χ2v) is 5.98. The van der Waals surface area contributed by atoms with Crippen LogP contribution < -0.4 is 11.1 Å². The summed E-state index contributed by atoms with van der Waals surface area (Å²) in [5.74, 6) is 0. The third-order valence-corrected chi connectivity index (χ3v) is 4.21. The van der Waals surface area contributed by atoms with Crippen molar-refractivity contribution in [1.82, 2.24) is 4.98 Å². The van der Waals surface area contributed by atoms with E-state index in [-0.39, 0.29) is 5.11 Å². The number of nitrogens with two attached hydrogens (primary N) is 1. The first-order valence-corrected chi connectivity index (χ1v) is 7.39. The summed E-state index contributed by atoms with van der Waals surface area (Å²) < 4.78 is 1.20. The SMILES string of the molecule is Cc1cc(-c2nc3ccccc3s2)ccc1NC(N)=S. The average Bonchev–Trinajstić information content (AvgIpc) is 2.84. The minimum atomic E-state index is 0.279. The van der Waals surface area contributed by atoms with Crippen LogP contribution in [0.4, 0.5) is 5.69 Å². The fraction of sp³-hybridized carbons (Fsp3) is 0.0667. The molecule has 0 aliphatic heterocycles. The van der Waals surface area contributed by atoms with Crippen molar-refractivity contribution in [2.45, 2.75) is 6.92 Å². The second-order valence-electron chi connectivity index (χ2n) is 4.51. The Hall–Kier alpha value is -1.98. The Kier molecular flexibility index (Phi) is 3.38. The molecule has 3 rings (SSSR count). The number of fused-ring (bicyclic) bond motifs is 1. The summed E-state index contributed by atoms with van der Waals surface area (Å²) in [6.45, 7) is 2.03. The molecule has 0 amide bonds. The Morgan fingerprint density at radius 3 is 2.75 bits per heavy atom. The summed E-state index contributed by atoms with van der Waals surface area (Å²) in [5, 5.41) is 4.27. The van der Waals surface area contributed by atoms with E-state index in [0.29, 0.717) is 0 Å². The van der Waals surface area contributed by atoms with Crippen molar-refractivity contribution in [2.24, 2.45) is 5.73 Å². The standard InChI is InChI=1S/C15H13N3S2/c1-9-8-10(6-7-11(9)18-15(16)19)14-17-12-4-2-3-5-13(12)20-14/h2-8H,1H3,(H3,16,18,19). The zero-order chi connectivity index (χ0) is 14.1. The summed E-state index contributed by atoms with van der Waals surface area (Å²) in [7, 11) is 0. The molecule has 0 aliphatic carbocycles. The highest BCUT2D eigenvalue weighted by molar-refractivity contribution is 7.80. The molecule has 5 heteroatoms. The van der Waals surface area contributed by atoms with Gasteiger partial charge in [-0.2, -0.15) is 0 Å². The molecule has 0 saturated heterocycles. The van der Waals surface area contributed by atoms with Crippen molar-refractivity contribution in [3.8, 4) is 10.6 Å². The number of para-hydroxylation sites is 1. The van der Waals surface area contributed by atoms with Crippen LogP contribution in [0.3, 0.4) is 0 Å². The van der Waals surface area contributed by atoms with Crippen LogP contribution in [0.5, 0.6) is 0 Å². The molecule has 0 aliphatic rings. The van der Waals surface area contributed by atoms with Gasteiger partial charge in [0.05, 0.1) is 10.2 Å². The summed E-state index contributed by atoms with van der Waals surface area (Å²) in [6.07, 6.45) is 0. The van der Waals surface area contributed by atoms with Gasteiger partial charge in [-0.3, -0.25) is 0 Å². The number of aromatic nitrogens is 1. The number of benzene rings is 2. The Labute approximate surface area is 126 Å². The highest BCUT2D eigenvalue weighted by Crippen LogP contribution is 2.31. The predicted octanol–water partition coefficient (Wildman–Crippen LogP) is 3.93. The maximum Gasteiger partial charge on any atom is 0.168 e. The molecular formula is C15H13N3S2. The highest BCUT2D eigenvalue weighted by atomic mass is 32.1. The van der Waals surface area contributed by atoms with Crippen LogP contribution in [0.15, 0.2) is 42.5 Å². The van der Waals surface area contributed by atoms with Gasteiger partial charge < -0.3 is 11.1 Å². The van der Waals surface area contributed by atoms with Crippen molar-refractivity contribution in [3.63, 3.8) is 0 Å². The highest BCUT2D eigenvalue weighted by Gasteiger charge is 2.07. The molecule has 0 bridgehead atoms. The molecule has 2 aromatic carbocycles. The predicted molar refractivity (Wildman–Crippen MR) is 90.2 cm³/mol. The molecule has 1 heterocycles. The van der Waals surface area contributed by atoms with Crippen LogP contribution in [-0.4, -0.2) is 10.1 Å². The lowest BCUT2D eigenvalue weighted by Gasteiger charge is -2.08. The van der Waals surface area contributed by atoms with Crippen LogP contribution in [0.25, 0.3) is 20.8 Å². The molecule has 3 aromatic rings. The molecule has 0 atom stereocenters. The largest absolute Gasteiger partial charge is 0.376 e. The van der Waals surface area contributed by atoms with Gasteiger partial charge in [0.1, 0.15) is 5.01 Å². The zero-order valence-electron chi connectivity index (χ0n) is 10.9. The summed E-state index contributed by atoms with van der Waals surface area (Å²) in [4.78, 5) is 4.66. The Balaban J connectivity index is 2.01. The van der Waals surface area contributed by atoms with Crippen LogP contribution >= 0.6 is 23.6 Å². The first-order chi connectivity index (χ1) is 9.63. The number of nitrogens with zero attached hydrogens (tertiary/aromatic N) is 1. The van der Waals surface area contributed by atoms with Crippen LogP contribution in [0.2, 0.25) is 0 Å². The molecule has 0 spiro atoms. The number of thiocarbonyl (C=S) groups is 1. The first kappa shape index (κ1) is 13.0. The van der Waals surface area contributed by atoms with Crippen LogP contribution in [0, 0.1) is 6.92 Å². The molecule has 0 radical (unpaired) electrons. The zero-order valence-corrected chi connectivity index (χ0v) is 12.5. The fourth-order valence-corrected chi connectivity index (χ4v) is 3.14. The van der Waals surface area contributed by atoms with Crippen molar-refractivity contribution in [1.29, 1.82) is 0 Å². The lowest BCUT2D eigenvalue weighted by atomic mass is 10.1. The lowest BCUT2D eigenvalue weighted by molar-refractivity contribution is 1.42. The summed E-state index contributed by atoms with van der Waals surface area (Å²) in [6, 6.07) is 14.3. The van der Waals surface area contributed by atoms with Gasteiger partial charge in [-0.1, -0.05) is 12.1 Å². The van der Waals surface area contributed by atoms with Crippen LogP contribution in [0.1, 0.15) is 5.56 Å². The third-order valence-electron chi connectivity index (χ3n) is 3.03. The number of aryl methyl sites for hydroxylation is 1. The van der Waals surface area contributed by atoms with Gasteiger partial charge in [-0.15, -0.1) is 11.3 Å². The topological polar surface area (TPSA) is 50.9 Å². The monoisotopic (exact) mass is 299 g/mol. The molecular weight excluding hydrogens is 286 g/mol. The molecule has 0 saturated carbocycles. The van der Waals surface area contributed by atoms with Gasteiger partial charge in [0, 0.05) is 11.3 Å². The van der Waals surface area contributed by atoms with E-state index in [4.69, 9.17) is 18.0 Å². The normalized spacial score (nSPS) is 10.7. The van der Waals surface area contributed by atoms with Crippen molar-refractivity contribution in [3.05, 3.63) is 48.0 Å². The number of rotatable bonds is 2. The van der Waals surface area contributed by atoms with E-state index in [9.17, 15) is 0 Å². The van der Waals surface area contributed by atoms with E-state index in [1.54, 1.807) is 11.3 Å². The van der Waals surface area contributed by atoms with Crippen LogP contribution in [-0.2, 0) is 0 Å². The number of hydrogen-bond donors (Lipinski definition) is 2. The summed E-state index contributed by atoms with van der Waals surface area (Å²) >= 11 is 6.56. The number of hydrogen-bond acceptors (Lipinski definition) is 3.